The molecule has 0 aliphatic heterocycles. The Kier molecular flexibility index (Phi) is 6.99. The summed E-state index contributed by atoms with van der Waals surface area (Å²) in [5.74, 6) is 0.0168. The molecule has 4 N–H and O–H groups in total. The van der Waals surface area contributed by atoms with E-state index in [0.29, 0.717) is 16.9 Å². The summed E-state index contributed by atoms with van der Waals surface area (Å²) in [5, 5.41) is 4.99. The molecule has 0 aliphatic carbocycles. The molecule has 3 aromatic carbocycles. The van der Waals surface area contributed by atoms with Crippen molar-refractivity contribution in [3.8, 4) is 5.75 Å². The van der Waals surface area contributed by atoms with Crippen molar-refractivity contribution in [2.24, 2.45) is 5.73 Å². The minimum absolute atomic E-state index is 0.0290. The molecule has 0 unspecified atom stereocenters. The molecule has 0 aromatic heterocycles. The van der Waals surface area contributed by atoms with E-state index in [0.717, 1.165) is 17.7 Å². The summed E-state index contributed by atoms with van der Waals surface area (Å²) in [6.07, 6.45) is -4.50. The largest absolute Gasteiger partial charge is 0.489 e. The number of primary amides is 1. The van der Waals surface area contributed by atoms with Crippen molar-refractivity contribution in [3.63, 3.8) is 0 Å². The highest BCUT2D eigenvalue weighted by Gasteiger charge is 2.30. The highest BCUT2D eigenvalue weighted by Crippen LogP contribution is 2.30. The van der Waals surface area contributed by atoms with Gasteiger partial charge in [0.15, 0.2) is 0 Å². The highest BCUT2D eigenvalue weighted by molar-refractivity contribution is 5.92. The van der Waals surface area contributed by atoms with Gasteiger partial charge in [-0.05, 0) is 42.0 Å². The SMILES string of the molecule is NC(=O)c1ccc(COc2ccccc2CNC(=O)Nc2cccc(C(F)(F)F)c2)cc1. The first-order valence-corrected chi connectivity index (χ1v) is 9.54. The first kappa shape index (κ1) is 22.7. The smallest absolute Gasteiger partial charge is 0.416 e. The minimum atomic E-state index is -4.50. The lowest BCUT2D eigenvalue weighted by atomic mass is 10.1. The van der Waals surface area contributed by atoms with Gasteiger partial charge in [0, 0.05) is 23.4 Å². The lowest BCUT2D eigenvalue weighted by Crippen LogP contribution is -2.28. The molecule has 0 atom stereocenters. The number of halogens is 3. The highest BCUT2D eigenvalue weighted by atomic mass is 19.4. The Labute approximate surface area is 182 Å². The van der Waals surface area contributed by atoms with Gasteiger partial charge in [-0.25, -0.2) is 4.79 Å². The third-order valence-corrected chi connectivity index (χ3v) is 4.49. The van der Waals surface area contributed by atoms with Gasteiger partial charge in [-0.2, -0.15) is 13.2 Å². The van der Waals surface area contributed by atoms with Crippen LogP contribution in [0.15, 0.2) is 72.8 Å². The van der Waals surface area contributed by atoms with Crippen LogP contribution >= 0.6 is 0 Å². The van der Waals surface area contributed by atoms with E-state index in [1.165, 1.54) is 12.1 Å². The van der Waals surface area contributed by atoms with Crippen LogP contribution in [0.3, 0.4) is 0 Å². The molecule has 0 radical (unpaired) electrons. The number of carbonyl (C=O) groups is 2. The predicted molar refractivity (Wildman–Crippen MR) is 113 cm³/mol. The van der Waals surface area contributed by atoms with Gasteiger partial charge in [-0.1, -0.05) is 36.4 Å². The Bertz CT molecular complexity index is 1100. The molecule has 3 aromatic rings. The summed E-state index contributed by atoms with van der Waals surface area (Å²) in [6.45, 7) is 0.327. The zero-order valence-electron chi connectivity index (χ0n) is 16.8. The lowest BCUT2D eigenvalue weighted by Gasteiger charge is -2.13. The number of hydrogen-bond acceptors (Lipinski definition) is 3. The van der Waals surface area contributed by atoms with Gasteiger partial charge in [-0.15, -0.1) is 0 Å². The number of hydrogen-bond donors (Lipinski definition) is 3. The maximum atomic E-state index is 12.8. The summed E-state index contributed by atoms with van der Waals surface area (Å²) in [5.41, 5.74) is 6.30. The maximum Gasteiger partial charge on any atom is 0.416 e. The fourth-order valence-electron chi connectivity index (χ4n) is 2.84. The van der Waals surface area contributed by atoms with Crippen LogP contribution in [0, 0.1) is 0 Å². The molecular weight excluding hydrogens is 423 g/mol. The number of alkyl halides is 3. The van der Waals surface area contributed by atoms with Crippen molar-refractivity contribution in [1.29, 1.82) is 0 Å². The lowest BCUT2D eigenvalue weighted by molar-refractivity contribution is -0.137. The second kappa shape index (κ2) is 9.86. The number of para-hydroxylation sites is 1. The molecule has 32 heavy (non-hydrogen) atoms. The van der Waals surface area contributed by atoms with Gasteiger partial charge in [0.1, 0.15) is 12.4 Å². The van der Waals surface area contributed by atoms with Crippen LogP contribution in [0.5, 0.6) is 5.75 Å². The molecule has 166 valence electrons. The first-order valence-electron chi connectivity index (χ1n) is 9.54. The summed E-state index contributed by atoms with van der Waals surface area (Å²) in [4.78, 5) is 23.3. The van der Waals surface area contributed by atoms with E-state index in [-0.39, 0.29) is 18.8 Å². The van der Waals surface area contributed by atoms with Crippen LogP contribution in [-0.2, 0) is 19.3 Å². The van der Waals surface area contributed by atoms with Gasteiger partial charge in [-0.3, -0.25) is 4.79 Å². The molecule has 0 spiro atoms. The summed E-state index contributed by atoms with van der Waals surface area (Å²) < 4.78 is 44.2. The van der Waals surface area contributed by atoms with Gasteiger partial charge < -0.3 is 21.1 Å². The van der Waals surface area contributed by atoms with Crippen LogP contribution in [0.2, 0.25) is 0 Å². The second-order valence-corrected chi connectivity index (χ2v) is 6.84. The van der Waals surface area contributed by atoms with Crippen molar-refractivity contribution >= 4 is 17.6 Å². The summed E-state index contributed by atoms with van der Waals surface area (Å²) in [6, 6.07) is 17.4. The third kappa shape index (κ3) is 6.24. The maximum absolute atomic E-state index is 12.8. The Hall–Kier alpha value is -4.01. The Morgan fingerprint density at radius 3 is 2.34 bits per heavy atom. The van der Waals surface area contributed by atoms with Crippen LogP contribution in [0.1, 0.15) is 27.0 Å². The molecular formula is C23H20F3N3O3. The van der Waals surface area contributed by atoms with Crippen LogP contribution in [0.4, 0.5) is 23.7 Å². The number of rotatable bonds is 7. The Morgan fingerprint density at radius 2 is 1.66 bits per heavy atom. The molecule has 3 rings (SSSR count). The van der Waals surface area contributed by atoms with Crippen LogP contribution in [-0.4, -0.2) is 11.9 Å². The number of anilines is 1. The fraction of sp³-hybridized carbons (Fsp3) is 0.130. The quantitative estimate of drug-likeness (QED) is 0.494. The molecule has 0 saturated carbocycles. The van der Waals surface area contributed by atoms with E-state index >= 15 is 0 Å². The fourth-order valence-corrected chi connectivity index (χ4v) is 2.84. The molecule has 3 amide bonds. The van der Waals surface area contributed by atoms with Crippen LogP contribution < -0.4 is 21.1 Å². The number of amides is 3. The molecule has 0 saturated heterocycles. The zero-order chi connectivity index (χ0) is 23.1. The first-order chi connectivity index (χ1) is 15.2. The van der Waals surface area contributed by atoms with Crippen LogP contribution in [0.25, 0.3) is 0 Å². The normalized spacial score (nSPS) is 11.0. The Morgan fingerprint density at radius 1 is 0.938 bits per heavy atom. The van der Waals surface area contributed by atoms with E-state index in [9.17, 15) is 22.8 Å². The molecule has 0 fully saturated rings. The number of nitrogens with two attached hydrogens (primary N) is 1. The average Bonchev–Trinajstić information content (AvgIpc) is 2.76. The predicted octanol–water partition coefficient (Wildman–Crippen LogP) is 4.71. The topological polar surface area (TPSA) is 93.5 Å². The zero-order valence-corrected chi connectivity index (χ0v) is 16.8. The van der Waals surface area contributed by atoms with Crippen molar-refractivity contribution in [2.45, 2.75) is 19.3 Å². The molecule has 0 aliphatic rings. The summed E-state index contributed by atoms with van der Waals surface area (Å²) >= 11 is 0. The molecule has 0 bridgehead atoms. The molecule has 6 nitrogen and oxygen atoms in total. The van der Waals surface area contributed by atoms with Crippen molar-refractivity contribution in [3.05, 3.63) is 95.1 Å². The van der Waals surface area contributed by atoms with E-state index in [1.54, 1.807) is 48.5 Å². The van der Waals surface area contributed by atoms with Crippen molar-refractivity contribution < 1.29 is 27.5 Å². The third-order valence-electron chi connectivity index (χ3n) is 4.49. The van der Waals surface area contributed by atoms with Gasteiger partial charge in [0.25, 0.3) is 0 Å². The number of benzene rings is 3. The number of ether oxygens (including phenoxy) is 1. The Balaban J connectivity index is 1.58. The molecule has 0 heterocycles. The second-order valence-electron chi connectivity index (χ2n) is 6.84. The average molecular weight is 443 g/mol. The van der Waals surface area contributed by atoms with E-state index in [4.69, 9.17) is 10.5 Å². The summed E-state index contributed by atoms with van der Waals surface area (Å²) in [7, 11) is 0. The minimum Gasteiger partial charge on any atom is -0.489 e. The van der Waals surface area contributed by atoms with Crippen molar-refractivity contribution in [2.75, 3.05) is 5.32 Å². The van der Waals surface area contributed by atoms with E-state index in [1.807, 2.05) is 0 Å². The standard InChI is InChI=1S/C23H20F3N3O3/c24-23(25,26)18-5-3-6-19(12-18)29-22(31)28-13-17-4-1-2-7-20(17)32-14-15-8-10-16(11-9-15)21(27)30/h1-12H,13-14H2,(H2,27,30)(H2,28,29,31). The van der Waals surface area contributed by atoms with Gasteiger partial charge >= 0.3 is 12.2 Å². The van der Waals surface area contributed by atoms with Crippen molar-refractivity contribution in [1.82, 2.24) is 5.32 Å². The number of carbonyl (C=O) groups excluding carboxylic acids is 2. The molecule has 9 heteroatoms. The van der Waals surface area contributed by atoms with E-state index in [2.05, 4.69) is 10.6 Å². The number of nitrogens with one attached hydrogen (secondary N) is 2. The monoisotopic (exact) mass is 443 g/mol. The number of urea groups is 1. The van der Waals surface area contributed by atoms with Gasteiger partial charge in [0.05, 0.1) is 5.56 Å². The van der Waals surface area contributed by atoms with E-state index < -0.39 is 23.7 Å². The van der Waals surface area contributed by atoms with Gasteiger partial charge in [0.2, 0.25) is 5.91 Å².